The number of carbonyl (C=O) groups is 1. The number of aliphatic hydroxyl groups is 2. The zero-order valence-corrected chi connectivity index (χ0v) is 15.3. The first-order chi connectivity index (χ1) is 12.0. The standard InChI is InChI=1S/C18H29NO6/c1-4-5-8-19(9-10-20)12-15(21)13-25-16-7-6-14(18(22)24-3)11-17(16)23-2/h6-7,11,15,20-21H,4-5,8-10,12-13H2,1-3H3/p+1/t15-/m1/s1. The Morgan fingerprint density at radius 2 is 2.00 bits per heavy atom. The maximum absolute atomic E-state index is 11.5. The van der Waals surface area contributed by atoms with E-state index in [2.05, 4.69) is 11.7 Å². The van der Waals surface area contributed by atoms with Gasteiger partial charge in [-0.2, -0.15) is 0 Å². The third kappa shape index (κ3) is 7.29. The van der Waals surface area contributed by atoms with Gasteiger partial charge in [0.1, 0.15) is 25.8 Å². The Kier molecular flexibility index (Phi) is 9.91. The van der Waals surface area contributed by atoms with Crippen molar-refractivity contribution in [3.8, 4) is 11.5 Å². The van der Waals surface area contributed by atoms with Crippen molar-refractivity contribution in [3.63, 3.8) is 0 Å². The molecule has 1 aromatic rings. The summed E-state index contributed by atoms with van der Waals surface area (Å²) in [5, 5.41) is 19.3. The summed E-state index contributed by atoms with van der Waals surface area (Å²) in [4.78, 5) is 12.7. The Hall–Kier alpha value is -1.83. The fraction of sp³-hybridized carbons (Fsp3) is 0.611. The normalized spacial score (nSPS) is 13.2. The van der Waals surface area contributed by atoms with Crippen LogP contribution in [0, 0.1) is 0 Å². The van der Waals surface area contributed by atoms with Crippen LogP contribution in [0.2, 0.25) is 0 Å². The average molecular weight is 356 g/mol. The lowest BCUT2D eigenvalue weighted by atomic mass is 10.2. The molecular formula is C18H30NO6+. The fourth-order valence-electron chi connectivity index (χ4n) is 2.52. The highest BCUT2D eigenvalue weighted by atomic mass is 16.5. The van der Waals surface area contributed by atoms with Crippen LogP contribution < -0.4 is 14.4 Å². The molecule has 0 aliphatic rings. The van der Waals surface area contributed by atoms with Crippen LogP contribution in [-0.4, -0.2) is 69.4 Å². The van der Waals surface area contributed by atoms with Gasteiger partial charge in [-0.25, -0.2) is 4.79 Å². The van der Waals surface area contributed by atoms with Gasteiger partial charge in [-0.15, -0.1) is 0 Å². The zero-order chi connectivity index (χ0) is 18.7. The first kappa shape index (κ1) is 21.2. The molecule has 25 heavy (non-hydrogen) atoms. The summed E-state index contributed by atoms with van der Waals surface area (Å²) >= 11 is 0. The second-order valence-corrected chi connectivity index (χ2v) is 5.85. The maximum Gasteiger partial charge on any atom is 0.337 e. The van der Waals surface area contributed by atoms with Crippen molar-refractivity contribution in [2.45, 2.75) is 25.9 Å². The van der Waals surface area contributed by atoms with Gasteiger partial charge >= 0.3 is 5.97 Å². The van der Waals surface area contributed by atoms with Crippen LogP contribution in [0.15, 0.2) is 18.2 Å². The van der Waals surface area contributed by atoms with E-state index in [-0.39, 0.29) is 13.2 Å². The molecular weight excluding hydrogens is 326 g/mol. The first-order valence-corrected chi connectivity index (χ1v) is 8.57. The number of nitrogens with one attached hydrogen (secondary N) is 1. The number of aliphatic hydroxyl groups excluding tert-OH is 2. The smallest absolute Gasteiger partial charge is 0.337 e. The zero-order valence-electron chi connectivity index (χ0n) is 15.3. The van der Waals surface area contributed by atoms with Gasteiger partial charge in [-0.1, -0.05) is 13.3 Å². The maximum atomic E-state index is 11.5. The number of hydrogen-bond acceptors (Lipinski definition) is 6. The van der Waals surface area contributed by atoms with Crippen molar-refractivity contribution in [2.24, 2.45) is 0 Å². The average Bonchev–Trinajstić information content (AvgIpc) is 2.63. The third-order valence-corrected chi connectivity index (χ3v) is 3.89. The van der Waals surface area contributed by atoms with E-state index in [0.29, 0.717) is 30.2 Å². The number of quaternary nitrogens is 1. The van der Waals surface area contributed by atoms with Gasteiger partial charge in [0.25, 0.3) is 0 Å². The van der Waals surface area contributed by atoms with E-state index in [0.717, 1.165) is 24.3 Å². The second kappa shape index (κ2) is 11.7. The minimum Gasteiger partial charge on any atom is -0.493 e. The highest BCUT2D eigenvalue weighted by molar-refractivity contribution is 5.90. The number of carbonyl (C=O) groups excluding carboxylic acids is 1. The molecule has 0 saturated carbocycles. The molecule has 0 spiro atoms. The number of benzene rings is 1. The third-order valence-electron chi connectivity index (χ3n) is 3.89. The van der Waals surface area contributed by atoms with Crippen LogP contribution in [0.4, 0.5) is 0 Å². The lowest BCUT2D eigenvalue weighted by Crippen LogP contribution is -3.13. The Balaban J connectivity index is 2.62. The Labute approximate surface area is 149 Å². The van der Waals surface area contributed by atoms with Crippen LogP contribution >= 0.6 is 0 Å². The molecule has 0 amide bonds. The number of rotatable bonds is 12. The molecule has 1 aromatic carbocycles. The lowest BCUT2D eigenvalue weighted by molar-refractivity contribution is -0.903. The van der Waals surface area contributed by atoms with E-state index in [1.807, 2.05) is 0 Å². The Morgan fingerprint density at radius 3 is 2.60 bits per heavy atom. The van der Waals surface area contributed by atoms with Crippen molar-refractivity contribution >= 4 is 5.97 Å². The van der Waals surface area contributed by atoms with Crippen LogP contribution in [0.25, 0.3) is 0 Å². The van der Waals surface area contributed by atoms with Crippen LogP contribution in [0.1, 0.15) is 30.1 Å². The summed E-state index contributed by atoms with van der Waals surface area (Å²) in [7, 11) is 2.80. The molecule has 7 nitrogen and oxygen atoms in total. The van der Waals surface area contributed by atoms with Crippen LogP contribution in [0.3, 0.4) is 0 Å². The number of ether oxygens (including phenoxy) is 3. The fourth-order valence-corrected chi connectivity index (χ4v) is 2.52. The monoisotopic (exact) mass is 356 g/mol. The molecule has 7 heteroatoms. The highest BCUT2D eigenvalue weighted by Crippen LogP contribution is 2.28. The molecule has 0 heterocycles. The number of esters is 1. The topological polar surface area (TPSA) is 89.7 Å². The summed E-state index contributed by atoms with van der Waals surface area (Å²) in [5.74, 6) is 0.399. The predicted molar refractivity (Wildman–Crippen MR) is 93.4 cm³/mol. The summed E-state index contributed by atoms with van der Waals surface area (Å²) in [6.07, 6.45) is 1.46. The molecule has 0 aromatic heterocycles. The molecule has 0 bridgehead atoms. The van der Waals surface area contributed by atoms with E-state index < -0.39 is 12.1 Å². The molecule has 0 aliphatic heterocycles. The minimum absolute atomic E-state index is 0.0927. The lowest BCUT2D eigenvalue weighted by Gasteiger charge is -2.22. The van der Waals surface area contributed by atoms with E-state index >= 15 is 0 Å². The van der Waals surface area contributed by atoms with Crippen molar-refractivity contribution in [1.82, 2.24) is 0 Å². The van der Waals surface area contributed by atoms with Crippen molar-refractivity contribution in [3.05, 3.63) is 23.8 Å². The Morgan fingerprint density at radius 1 is 1.24 bits per heavy atom. The first-order valence-electron chi connectivity index (χ1n) is 8.57. The molecule has 0 radical (unpaired) electrons. The molecule has 1 unspecified atom stereocenters. The van der Waals surface area contributed by atoms with Crippen LogP contribution in [-0.2, 0) is 4.74 Å². The molecule has 3 N–H and O–H groups in total. The van der Waals surface area contributed by atoms with Gasteiger partial charge in [0, 0.05) is 0 Å². The van der Waals surface area contributed by atoms with Gasteiger partial charge in [0.2, 0.25) is 0 Å². The molecule has 0 aliphatic carbocycles. The molecule has 1 rings (SSSR count). The number of unbranched alkanes of at least 4 members (excludes halogenated alkanes) is 1. The van der Waals surface area contributed by atoms with E-state index in [1.165, 1.54) is 20.3 Å². The predicted octanol–water partition coefficient (Wildman–Crippen LogP) is -0.101. The second-order valence-electron chi connectivity index (χ2n) is 5.85. The van der Waals surface area contributed by atoms with Crippen molar-refractivity contribution < 1.29 is 34.1 Å². The molecule has 0 saturated heterocycles. The molecule has 142 valence electrons. The molecule has 0 fully saturated rings. The Bertz CT molecular complexity index is 522. The number of methoxy groups -OCH3 is 2. The summed E-state index contributed by atoms with van der Waals surface area (Å²) < 4.78 is 15.5. The number of hydrogen-bond donors (Lipinski definition) is 3. The van der Waals surface area contributed by atoms with Gasteiger partial charge in [-0.05, 0) is 24.6 Å². The van der Waals surface area contributed by atoms with E-state index in [9.17, 15) is 9.90 Å². The quantitative estimate of drug-likeness (QED) is 0.453. The minimum atomic E-state index is -0.664. The highest BCUT2D eigenvalue weighted by Gasteiger charge is 2.17. The van der Waals surface area contributed by atoms with Gasteiger partial charge in [0.05, 0.1) is 32.9 Å². The largest absolute Gasteiger partial charge is 0.493 e. The van der Waals surface area contributed by atoms with E-state index in [1.54, 1.807) is 12.1 Å². The van der Waals surface area contributed by atoms with Crippen molar-refractivity contribution in [2.75, 3.05) is 47.1 Å². The van der Waals surface area contributed by atoms with Gasteiger partial charge in [-0.3, -0.25) is 0 Å². The summed E-state index contributed by atoms with van der Waals surface area (Å²) in [5.41, 5.74) is 0.366. The van der Waals surface area contributed by atoms with E-state index in [4.69, 9.17) is 14.6 Å². The molecule has 2 atom stereocenters. The summed E-state index contributed by atoms with van der Waals surface area (Å²) in [6.45, 7) is 4.33. The van der Waals surface area contributed by atoms with Crippen molar-refractivity contribution in [1.29, 1.82) is 0 Å². The van der Waals surface area contributed by atoms with Gasteiger partial charge < -0.3 is 29.3 Å². The summed E-state index contributed by atoms with van der Waals surface area (Å²) in [6, 6.07) is 4.74. The van der Waals surface area contributed by atoms with Crippen LogP contribution in [0.5, 0.6) is 11.5 Å². The SMILES string of the molecule is CCCC[NH+](CCO)C[C@@H](O)COc1ccc(C(=O)OC)cc1OC. The van der Waals surface area contributed by atoms with Gasteiger partial charge in [0.15, 0.2) is 11.5 Å².